The van der Waals surface area contributed by atoms with Gasteiger partial charge in [-0.15, -0.1) is 11.3 Å². The van der Waals surface area contributed by atoms with Gasteiger partial charge in [0.2, 0.25) is 0 Å². The van der Waals surface area contributed by atoms with Crippen molar-refractivity contribution in [2.75, 3.05) is 19.5 Å². The number of carbonyl (C=O) groups is 1. The second-order valence-electron chi connectivity index (χ2n) is 3.76. The average Bonchev–Trinajstić information content (AvgIpc) is 2.77. The number of methoxy groups -OCH3 is 2. The molecule has 1 aromatic heterocycles. The zero-order chi connectivity index (χ0) is 14.7. The van der Waals surface area contributed by atoms with Crippen molar-refractivity contribution in [3.63, 3.8) is 0 Å². The normalized spacial score (nSPS) is 10.2. The summed E-state index contributed by atoms with van der Waals surface area (Å²) in [5.74, 6) is 0.775. The van der Waals surface area contributed by atoms with Gasteiger partial charge in [-0.3, -0.25) is 4.79 Å². The van der Waals surface area contributed by atoms with E-state index in [1.807, 2.05) is 0 Å². The monoisotopic (exact) mass is 331 g/mol. The number of benzene rings is 1. The molecule has 0 aliphatic heterocycles. The van der Waals surface area contributed by atoms with Crippen LogP contribution in [0.15, 0.2) is 24.3 Å². The summed E-state index contributed by atoms with van der Waals surface area (Å²) >= 11 is 12.9. The molecule has 1 aromatic carbocycles. The Kier molecular flexibility index (Phi) is 4.75. The van der Waals surface area contributed by atoms with Crippen LogP contribution in [0.4, 0.5) is 5.69 Å². The van der Waals surface area contributed by atoms with E-state index in [2.05, 4.69) is 5.32 Å². The Balaban J connectivity index is 2.29. The number of rotatable bonds is 4. The fraction of sp³-hybridized carbons (Fsp3) is 0.154. The van der Waals surface area contributed by atoms with Crippen molar-refractivity contribution < 1.29 is 14.3 Å². The maximum atomic E-state index is 12.2. The minimum absolute atomic E-state index is 0.325. The first kappa shape index (κ1) is 15.0. The highest BCUT2D eigenvalue weighted by molar-refractivity contribution is 7.20. The number of halogens is 2. The third-order valence-electron chi connectivity index (χ3n) is 2.56. The van der Waals surface area contributed by atoms with Crippen molar-refractivity contribution >= 4 is 46.1 Å². The first-order chi connectivity index (χ1) is 9.55. The van der Waals surface area contributed by atoms with Crippen LogP contribution in [-0.2, 0) is 0 Å². The summed E-state index contributed by atoms with van der Waals surface area (Å²) in [5.41, 5.74) is 0.821. The van der Waals surface area contributed by atoms with Gasteiger partial charge in [0, 0.05) is 6.07 Å². The van der Waals surface area contributed by atoms with Gasteiger partial charge in [0.25, 0.3) is 5.91 Å². The summed E-state index contributed by atoms with van der Waals surface area (Å²) in [6.45, 7) is 0. The zero-order valence-electron chi connectivity index (χ0n) is 10.7. The molecular weight excluding hydrogens is 321 g/mol. The van der Waals surface area contributed by atoms with Crippen molar-refractivity contribution in [2.45, 2.75) is 0 Å². The number of nitrogens with one attached hydrogen (secondary N) is 1. The van der Waals surface area contributed by atoms with Gasteiger partial charge in [0.05, 0.1) is 29.8 Å². The molecule has 0 fully saturated rings. The molecule has 2 rings (SSSR count). The lowest BCUT2D eigenvalue weighted by atomic mass is 10.2. The first-order valence-corrected chi connectivity index (χ1v) is 7.10. The average molecular weight is 332 g/mol. The van der Waals surface area contributed by atoms with Crippen LogP contribution in [0.5, 0.6) is 11.5 Å². The number of hydrogen-bond donors (Lipinski definition) is 1. The van der Waals surface area contributed by atoms with Gasteiger partial charge in [0.1, 0.15) is 15.8 Å². The number of carbonyl (C=O) groups excluding carboxylic acids is 1. The Morgan fingerprint density at radius 2 is 1.95 bits per heavy atom. The van der Waals surface area contributed by atoms with Gasteiger partial charge in [-0.2, -0.15) is 0 Å². The third kappa shape index (κ3) is 3.17. The van der Waals surface area contributed by atoms with E-state index in [1.54, 1.807) is 25.3 Å². The van der Waals surface area contributed by atoms with Gasteiger partial charge < -0.3 is 14.8 Å². The van der Waals surface area contributed by atoms with E-state index in [1.165, 1.54) is 13.2 Å². The Labute approximate surface area is 130 Å². The van der Waals surface area contributed by atoms with Crippen molar-refractivity contribution in [3.05, 3.63) is 38.5 Å². The molecule has 0 spiro atoms. The van der Waals surface area contributed by atoms with Crippen LogP contribution < -0.4 is 14.8 Å². The summed E-state index contributed by atoms with van der Waals surface area (Å²) in [4.78, 5) is 12.2. The number of thiophene rings is 1. The van der Waals surface area contributed by atoms with Crippen LogP contribution in [0.25, 0.3) is 0 Å². The lowest BCUT2D eigenvalue weighted by Gasteiger charge is -2.11. The molecule has 4 nitrogen and oxygen atoms in total. The van der Waals surface area contributed by atoms with E-state index in [-0.39, 0.29) is 5.91 Å². The van der Waals surface area contributed by atoms with E-state index in [9.17, 15) is 4.79 Å². The van der Waals surface area contributed by atoms with E-state index < -0.39 is 0 Å². The van der Waals surface area contributed by atoms with Gasteiger partial charge in [-0.1, -0.05) is 23.2 Å². The molecule has 106 valence electrons. The topological polar surface area (TPSA) is 47.6 Å². The van der Waals surface area contributed by atoms with Crippen LogP contribution in [0.2, 0.25) is 8.67 Å². The molecule has 0 aliphatic carbocycles. The van der Waals surface area contributed by atoms with Gasteiger partial charge >= 0.3 is 0 Å². The molecule has 0 bridgehead atoms. The summed E-state index contributed by atoms with van der Waals surface area (Å²) < 4.78 is 11.1. The molecule has 0 atom stereocenters. The van der Waals surface area contributed by atoms with E-state index in [0.29, 0.717) is 31.4 Å². The fourth-order valence-corrected chi connectivity index (χ4v) is 3.05. The second kappa shape index (κ2) is 6.35. The minimum atomic E-state index is -0.357. The predicted molar refractivity (Wildman–Crippen MR) is 81.8 cm³/mol. The number of hydrogen-bond acceptors (Lipinski definition) is 4. The number of amides is 1. The van der Waals surface area contributed by atoms with Crippen LogP contribution in [0.1, 0.15) is 10.4 Å². The molecule has 0 radical (unpaired) electrons. The van der Waals surface area contributed by atoms with E-state index in [0.717, 1.165) is 11.3 Å². The smallest absolute Gasteiger partial charge is 0.258 e. The number of anilines is 1. The number of ether oxygens (including phenoxy) is 2. The lowest BCUT2D eigenvalue weighted by Crippen LogP contribution is -2.12. The van der Waals surface area contributed by atoms with Gasteiger partial charge in [-0.05, 0) is 18.2 Å². The molecule has 0 saturated heterocycles. The largest absolute Gasteiger partial charge is 0.497 e. The van der Waals surface area contributed by atoms with Crippen molar-refractivity contribution in [1.29, 1.82) is 0 Å². The second-order valence-corrected chi connectivity index (χ2v) is 6.04. The quantitative estimate of drug-likeness (QED) is 0.907. The molecule has 7 heteroatoms. The van der Waals surface area contributed by atoms with Crippen molar-refractivity contribution in [3.8, 4) is 11.5 Å². The molecule has 0 aliphatic rings. The molecule has 2 aromatic rings. The molecule has 20 heavy (non-hydrogen) atoms. The Bertz CT molecular complexity index is 643. The Morgan fingerprint density at radius 1 is 1.20 bits per heavy atom. The molecular formula is C13H11Cl2NO3S. The standard InChI is InChI=1S/C13H11Cl2NO3S/c1-18-7-3-4-10(19-2)9(5-7)16-13(17)8-6-11(14)20-12(8)15/h3-6H,1-2H3,(H,16,17). The van der Waals surface area contributed by atoms with Crippen LogP contribution >= 0.6 is 34.5 Å². The first-order valence-electron chi connectivity index (χ1n) is 5.53. The van der Waals surface area contributed by atoms with Gasteiger partial charge in [0.15, 0.2) is 0 Å². The SMILES string of the molecule is COc1ccc(OC)c(NC(=O)c2cc(Cl)sc2Cl)c1. The summed E-state index contributed by atoms with van der Waals surface area (Å²) in [6, 6.07) is 6.63. The zero-order valence-corrected chi connectivity index (χ0v) is 13.0. The van der Waals surface area contributed by atoms with Crippen LogP contribution in [-0.4, -0.2) is 20.1 Å². The summed E-state index contributed by atoms with van der Waals surface area (Å²) in [5, 5.41) is 2.73. The predicted octanol–water partition coefficient (Wildman–Crippen LogP) is 4.32. The molecule has 0 saturated carbocycles. The highest BCUT2D eigenvalue weighted by Gasteiger charge is 2.16. The Morgan fingerprint density at radius 3 is 2.50 bits per heavy atom. The Hall–Kier alpha value is -1.43. The molecule has 1 amide bonds. The molecule has 0 unspecified atom stereocenters. The third-order valence-corrected chi connectivity index (χ3v) is 4.04. The van der Waals surface area contributed by atoms with E-state index >= 15 is 0 Å². The molecule has 1 N–H and O–H groups in total. The maximum Gasteiger partial charge on any atom is 0.258 e. The van der Waals surface area contributed by atoms with Crippen LogP contribution in [0.3, 0.4) is 0 Å². The summed E-state index contributed by atoms with van der Waals surface area (Å²) in [7, 11) is 3.06. The highest BCUT2D eigenvalue weighted by Crippen LogP contribution is 2.33. The van der Waals surface area contributed by atoms with E-state index in [4.69, 9.17) is 32.7 Å². The minimum Gasteiger partial charge on any atom is -0.497 e. The van der Waals surface area contributed by atoms with Crippen LogP contribution in [0, 0.1) is 0 Å². The molecule has 1 heterocycles. The van der Waals surface area contributed by atoms with Crippen molar-refractivity contribution in [2.24, 2.45) is 0 Å². The maximum absolute atomic E-state index is 12.2. The highest BCUT2D eigenvalue weighted by atomic mass is 35.5. The van der Waals surface area contributed by atoms with Crippen molar-refractivity contribution in [1.82, 2.24) is 0 Å². The summed E-state index contributed by atoms with van der Waals surface area (Å²) in [6.07, 6.45) is 0. The van der Waals surface area contributed by atoms with Gasteiger partial charge in [-0.25, -0.2) is 0 Å². The lowest BCUT2D eigenvalue weighted by molar-refractivity contribution is 0.102. The fourth-order valence-electron chi connectivity index (χ4n) is 1.60.